The van der Waals surface area contributed by atoms with Crippen LogP contribution >= 0.6 is 0 Å². The number of nitrogens with one attached hydrogen (secondary N) is 2. The molecule has 210 valence electrons. The van der Waals surface area contributed by atoms with Crippen LogP contribution in [0.3, 0.4) is 0 Å². The summed E-state index contributed by atoms with van der Waals surface area (Å²) >= 11 is 0. The highest BCUT2D eigenvalue weighted by atomic mass is 16.6. The Labute approximate surface area is 233 Å². The number of guanidine groups is 1. The van der Waals surface area contributed by atoms with Gasteiger partial charge in [0.25, 0.3) is 0 Å². The van der Waals surface area contributed by atoms with Crippen LogP contribution in [0.4, 0.5) is 10.5 Å². The molecule has 2 atom stereocenters. The van der Waals surface area contributed by atoms with Crippen LogP contribution in [0.1, 0.15) is 31.9 Å². The molecular formula is C30H35N5O5. The maximum atomic E-state index is 13.5. The lowest BCUT2D eigenvalue weighted by molar-refractivity contribution is -0.139. The largest absolute Gasteiger partial charge is 0.444 e. The van der Waals surface area contributed by atoms with Crippen LogP contribution in [0.2, 0.25) is 0 Å². The van der Waals surface area contributed by atoms with E-state index in [0.717, 1.165) is 11.1 Å². The first-order chi connectivity index (χ1) is 19.0. The van der Waals surface area contributed by atoms with Crippen LogP contribution in [-0.4, -0.2) is 41.6 Å². The monoisotopic (exact) mass is 545 g/mol. The highest BCUT2D eigenvalue weighted by molar-refractivity contribution is 5.90. The van der Waals surface area contributed by atoms with Gasteiger partial charge in [-0.1, -0.05) is 60.7 Å². The Morgan fingerprint density at radius 2 is 1.30 bits per heavy atom. The zero-order valence-electron chi connectivity index (χ0n) is 22.8. The molecule has 0 spiro atoms. The van der Waals surface area contributed by atoms with Crippen molar-refractivity contribution in [2.24, 2.45) is 16.5 Å². The zero-order valence-corrected chi connectivity index (χ0v) is 22.8. The summed E-state index contributed by atoms with van der Waals surface area (Å²) in [7, 11) is 0. The van der Waals surface area contributed by atoms with E-state index in [4.69, 9.17) is 20.9 Å². The van der Waals surface area contributed by atoms with Gasteiger partial charge in [-0.2, -0.15) is 0 Å². The predicted octanol–water partition coefficient (Wildman–Crippen LogP) is 3.36. The van der Waals surface area contributed by atoms with Crippen LogP contribution in [-0.2, 0) is 27.2 Å². The smallest absolute Gasteiger partial charge is 0.408 e. The molecule has 10 nitrogen and oxygen atoms in total. The lowest BCUT2D eigenvalue weighted by Crippen LogP contribution is -2.54. The molecule has 0 heterocycles. The molecule has 0 saturated heterocycles. The Balaban J connectivity index is 1.81. The molecule has 40 heavy (non-hydrogen) atoms. The molecule has 6 N–H and O–H groups in total. The Kier molecular flexibility index (Phi) is 10.2. The number of alkyl carbamates (subject to hydrolysis) is 1. The summed E-state index contributed by atoms with van der Waals surface area (Å²) in [5.74, 6) is -1.08. The summed E-state index contributed by atoms with van der Waals surface area (Å²) in [6, 6.07) is 22.7. The lowest BCUT2D eigenvalue weighted by atomic mass is 10.0. The van der Waals surface area contributed by atoms with Crippen LogP contribution in [0, 0.1) is 0 Å². The molecule has 0 aromatic heterocycles. The van der Waals surface area contributed by atoms with E-state index in [0.29, 0.717) is 5.69 Å². The predicted molar refractivity (Wildman–Crippen MR) is 153 cm³/mol. The Morgan fingerprint density at radius 1 is 0.775 bits per heavy atom. The fraction of sp³-hybridized carbons (Fsp3) is 0.267. The second kappa shape index (κ2) is 13.8. The number of rotatable bonds is 10. The summed E-state index contributed by atoms with van der Waals surface area (Å²) in [5, 5.41) is 5.42. The summed E-state index contributed by atoms with van der Waals surface area (Å²) in [4.78, 5) is 43.3. The number of amides is 2. The van der Waals surface area contributed by atoms with Gasteiger partial charge in [0.2, 0.25) is 5.91 Å². The summed E-state index contributed by atoms with van der Waals surface area (Å²) in [6.45, 7) is 5.19. The molecular weight excluding hydrogens is 510 g/mol. The maximum Gasteiger partial charge on any atom is 0.408 e. The first kappa shape index (κ1) is 29.7. The van der Waals surface area contributed by atoms with Crippen molar-refractivity contribution in [3.8, 4) is 5.75 Å². The molecule has 0 aliphatic carbocycles. The first-order valence-corrected chi connectivity index (χ1v) is 12.8. The van der Waals surface area contributed by atoms with E-state index in [-0.39, 0.29) is 24.6 Å². The highest BCUT2D eigenvalue weighted by Gasteiger charge is 2.30. The van der Waals surface area contributed by atoms with Gasteiger partial charge in [-0.25, -0.2) is 14.6 Å². The topological polar surface area (TPSA) is 158 Å². The highest BCUT2D eigenvalue weighted by Crippen LogP contribution is 2.19. The SMILES string of the molecule is CC(C)(C)OC(=O)N[C@@H](Cc1ccccc1)C(=O)N[C@@H](Cc1ccccc1)C(=O)Oc1ccc(N=C(N)N)cc1. The second-order valence-corrected chi connectivity index (χ2v) is 10.1. The van der Waals surface area contributed by atoms with E-state index >= 15 is 0 Å². The van der Waals surface area contributed by atoms with Crippen LogP contribution in [0.25, 0.3) is 0 Å². The van der Waals surface area contributed by atoms with Crippen molar-refractivity contribution in [2.75, 3.05) is 0 Å². The van der Waals surface area contributed by atoms with Crippen molar-refractivity contribution in [3.63, 3.8) is 0 Å². The number of nitrogens with two attached hydrogens (primary N) is 2. The van der Waals surface area contributed by atoms with Crippen molar-refractivity contribution in [1.29, 1.82) is 0 Å². The number of hydrogen-bond acceptors (Lipinski definition) is 6. The van der Waals surface area contributed by atoms with E-state index in [9.17, 15) is 14.4 Å². The average molecular weight is 546 g/mol. The number of carbonyl (C=O) groups excluding carboxylic acids is 3. The Hall–Kier alpha value is -4.86. The molecule has 0 saturated carbocycles. The first-order valence-electron chi connectivity index (χ1n) is 12.8. The van der Waals surface area contributed by atoms with Gasteiger partial charge in [0.15, 0.2) is 5.96 Å². The molecule has 2 amide bonds. The van der Waals surface area contributed by atoms with E-state index in [1.165, 1.54) is 0 Å². The molecule has 3 rings (SSSR count). The van der Waals surface area contributed by atoms with Gasteiger partial charge >= 0.3 is 12.1 Å². The molecule has 0 radical (unpaired) electrons. The number of benzene rings is 3. The molecule has 0 aliphatic heterocycles. The minimum absolute atomic E-state index is 0.0968. The molecule has 0 fully saturated rings. The molecule has 3 aromatic rings. The van der Waals surface area contributed by atoms with E-state index in [1.54, 1.807) is 45.0 Å². The average Bonchev–Trinajstić information content (AvgIpc) is 2.89. The molecule has 0 unspecified atom stereocenters. The fourth-order valence-electron chi connectivity index (χ4n) is 3.75. The van der Waals surface area contributed by atoms with Gasteiger partial charge in [0.1, 0.15) is 23.4 Å². The van der Waals surface area contributed by atoms with Crippen LogP contribution in [0.15, 0.2) is 89.9 Å². The van der Waals surface area contributed by atoms with E-state index in [1.807, 2.05) is 60.7 Å². The number of nitrogens with zero attached hydrogens (tertiary/aromatic N) is 1. The summed E-state index contributed by atoms with van der Waals surface area (Å²) in [5.41, 5.74) is 12.2. The summed E-state index contributed by atoms with van der Waals surface area (Å²) < 4.78 is 10.9. The Morgan fingerprint density at radius 3 is 1.80 bits per heavy atom. The van der Waals surface area contributed by atoms with E-state index in [2.05, 4.69) is 15.6 Å². The molecule has 3 aromatic carbocycles. The standard InChI is InChI=1S/C30H35N5O5/c1-30(2,3)40-29(38)35-24(18-20-10-6-4-7-11-20)26(36)34-25(19-21-12-8-5-9-13-21)27(37)39-23-16-14-22(15-17-23)33-28(31)32/h4-17,24-25H,18-19H2,1-3H3,(H,34,36)(H,35,38)(H4,31,32,33)/t24-,25-/m0/s1. The number of ether oxygens (including phenoxy) is 2. The number of carbonyl (C=O) groups is 3. The third-order valence-corrected chi connectivity index (χ3v) is 5.49. The normalized spacial score (nSPS) is 12.4. The van der Waals surface area contributed by atoms with Crippen LogP contribution in [0.5, 0.6) is 5.75 Å². The van der Waals surface area contributed by atoms with Gasteiger partial charge in [0.05, 0.1) is 5.69 Å². The number of hydrogen-bond donors (Lipinski definition) is 4. The maximum absolute atomic E-state index is 13.5. The van der Waals surface area contributed by atoms with Crippen molar-refractivity contribution in [3.05, 3.63) is 96.1 Å². The van der Waals surface area contributed by atoms with Crippen molar-refractivity contribution < 1.29 is 23.9 Å². The van der Waals surface area contributed by atoms with Gasteiger partial charge in [-0.05, 0) is 56.2 Å². The van der Waals surface area contributed by atoms with Gasteiger partial charge in [0, 0.05) is 12.8 Å². The Bertz CT molecular complexity index is 1300. The third kappa shape index (κ3) is 10.1. The van der Waals surface area contributed by atoms with Gasteiger partial charge in [-0.3, -0.25) is 4.79 Å². The van der Waals surface area contributed by atoms with Crippen LogP contribution < -0.4 is 26.8 Å². The van der Waals surface area contributed by atoms with Gasteiger partial charge < -0.3 is 31.6 Å². The molecule has 0 aliphatic rings. The minimum Gasteiger partial charge on any atom is -0.444 e. The molecule has 10 heteroatoms. The quantitative estimate of drug-likeness (QED) is 0.132. The third-order valence-electron chi connectivity index (χ3n) is 5.49. The fourth-order valence-corrected chi connectivity index (χ4v) is 3.75. The van der Waals surface area contributed by atoms with Gasteiger partial charge in [-0.15, -0.1) is 0 Å². The van der Waals surface area contributed by atoms with Crippen molar-refractivity contribution >= 4 is 29.6 Å². The number of esters is 1. The molecule has 0 bridgehead atoms. The minimum atomic E-state index is -1.05. The van der Waals surface area contributed by atoms with E-state index < -0.39 is 35.7 Å². The van der Waals surface area contributed by atoms with Crippen molar-refractivity contribution in [2.45, 2.75) is 51.3 Å². The number of aliphatic imine (C=N–C) groups is 1. The summed E-state index contributed by atoms with van der Waals surface area (Å²) in [6.07, 6.45) is -0.389. The van der Waals surface area contributed by atoms with Crippen molar-refractivity contribution in [1.82, 2.24) is 10.6 Å². The lowest BCUT2D eigenvalue weighted by Gasteiger charge is -2.25. The zero-order chi connectivity index (χ0) is 29.1. The second-order valence-electron chi connectivity index (χ2n) is 10.1.